The van der Waals surface area contributed by atoms with Gasteiger partial charge in [0.2, 0.25) is 15.9 Å². The molecule has 3 aromatic rings. The summed E-state index contributed by atoms with van der Waals surface area (Å²) >= 11 is 8.86. The van der Waals surface area contributed by atoms with Gasteiger partial charge in [-0.05, 0) is 43.3 Å². The lowest BCUT2D eigenvalue weighted by Crippen LogP contribution is -2.40. The van der Waals surface area contributed by atoms with Crippen molar-refractivity contribution in [3.63, 3.8) is 0 Å². The number of morpholine rings is 1. The van der Waals surface area contributed by atoms with E-state index in [1.165, 1.54) is 39.5 Å². The van der Waals surface area contributed by atoms with Crippen LogP contribution in [0.5, 0.6) is 0 Å². The average molecular weight is 498 g/mol. The molecular weight excluding hydrogens is 478 g/mol. The first kappa shape index (κ1) is 22.5. The van der Waals surface area contributed by atoms with Gasteiger partial charge in [-0.3, -0.25) is 4.79 Å². The normalized spacial score (nSPS) is 16.3. The lowest BCUT2D eigenvalue weighted by atomic mass is 10.3. The number of amides is 1. The van der Waals surface area contributed by atoms with Crippen molar-refractivity contribution in [3.8, 4) is 0 Å². The molecule has 1 aliphatic rings. The lowest BCUT2D eigenvalue weighted by molar-refractivity contribution is -0.115. The number of carbonyl (C=O) groups is 1. The van der Waals surface area contributed by atoms with Crippen molar-refractivity contribution < 1.29 is 17.9 Å². The predicted molar refractivity (Wildman–Crippen MR) is 125 cm³/mol. The predicted octanol–water partition coefficient (Wildman–Crippen LogP) is 4.09. The summed E-state index contributed by atoms with van der Waals surface area (Å²) in [5.74, 6) is -0.233. The Bertz CT molecular complexity index is 1210. The van der Waals surface area contributed by atoms with Gasteiger partial charge in [0.15, 0.2) is 4.34 Å². The molecule has 7 nitrogen and oxygen atoms in total. The molecule has 1 N–H and O–H groups in total. The minimum Gasteiger partial charge on any atom is -0.379 e. The van der Waals surface area contributed by atoms with Crippen LogP contribution in [0.2, 0.25) is 5.02 Å². The first-order chi connectivity index (χ1) is 14.8. The first-order valence-electron chi connectivity index (χ1n) is 9.54. The average Bonchev–Trinajstić information content (AvgIpc) is 3.15. The summed E-state index contributed by atoms with van der Waals surface area (Å²) in [7, 11) is -3.63. The number of anilines is 1. The van der Waals surface area contributed by atoms with Gasteiger partial charge in [0.1, 0.15) is 0 Å². The lowest BCUT2D eigenvalue weighted by Gasteiger charge is -2.26. The molecule has 1 fully saturated rings. The number of ether oxygens (including phenoxy) is 1. The Morgan fingerprint density at radius 1 is 1.26 bits per heavy atom. The van der Waals surface area contributed by atoms with Crippen LogP contribution in [0.3, 0.4) is 0 Å². The molecule has 164 valence electrons. The second kappa shape index (κ2) is 9.43. The van der Waals surface area contributed by atoms with Crippen LogP contribution in [0, 0.1) is 0 Å². The monoisotopic (exact) mass is 497 g/mol. The summed E-state index contributed by atoms with van der Waals surface area (Å²) in [4.78, 5) is 17.4. The Morgan fingerprint density at radius 3 is 2.81 bits per heavy atom. The quantitative estimate of drug-likeness (QED) is 0.516. The zero-order chi connectivity index (χ0) is 22.0. The molecule has 2 heterocycles. The summed E-state index contributed by atoms with van der Waals surface area (Å²) in [5, 5.41) is 3.01. The molecule has 1 atom stereocenters. The van der Waals surface area contributed by atoms with E-state index in [1.54, 1.807) is 25.1 Å². The van der Waals surface area contributed by atoms with E-state index >= 15 is 0 Å². The number of aromatic nitrogens is 1. The van der Waals surface area contributed by atoms with Gasteiger partial charge in [-0.25, -0.2) is 13.4 Å². The van der Waals surface area contributed by atoms with E-state index in [1.807, 2.05) is 12.1 Å². The number of fused-ring (bicyclic) bond motifs is 1. The molecule has 0 bridgehead atoms. The number of thiazole rings is 1. The molecule has 0 aliphatic carbocycles. The highest BCUT2D eigenvalue weighted by molar-refractivity contribution is 8.02. The van der Waals surface area contributed by atoms with Gasteiger partial charge in [-0.2, -0.15) is 4.31 Å². The number of hydrogen-bond donors (Lipinski definition) is 1. The van der Waals surface area contributed by atoms with E-state index in [9.17, 15) is 13.2 Å². The Balaban J connectivity index is 1.44. The molecule has 0 radical (unpaired) electrons. The summed E-state index contributed by atoms with van der Waals surface area (Å²) in [6.45, 7) is 3.18. The minimum atomic E-state index is -3.63. The third-order valence-electron chi connectivity index (χ3n) is 4.69. The number of nitrogens with zero attached hydrogens (tertiary/aromatic N) is 2. The van der Waals surface area contributed by atoms with Crippen LogP contribution in [0.25, 0.3) is 10.2 Å². The van der Waals surface area contributed by atoms with E-state index in [0.29, 0.717) is 37.0 Å². The molecule has 1 amide bonds. The van der Waals surface area contributed by atoms with Gasteiger partial charge in [0.05, 0.1) is 33.6 Å². The molecule has 4 rings (SSSR count). The Labute approximate surface area is 193 Å². The van der Waals surface area contributed by atoms with Gasteiger partial charge >= 0.3 is 0 Å². The van der Waals surface area contributed by atoms with Gasteiger partial charge < -0.3 is 10.1 Å². The topological polar surface area (TPSA) is 88.6 Å². The maximum atomic E-state index is 12.8. The van der Waals surface area contributed by atoms with E-state index < -0.39 is 15.3 Å². The van der Waals surface area contributed by atoms with Crippen LogP contribution < -0.4 is 5.32 Å². The largest absolute Gasteiger partial charge is 0.379 e. The maximum Gasteiger partial charge on any atom is 0.243 e. The number of nitrogens with one attached hydrogen (secondary N) is 1. The highest BCUT2D eigenvalue weighted by atomic mass is 35.5. The van der Waals surface area contributed by atoms with Crippen molar-refractivity contribution in [1.82, 2.24) is 9.29 Å². The number of rotatable bonds is 6. The first-order valence-corrected chi connectivity index (χ1v) is 13.1. The number of benzene rings is 2. The van der Waals surface area contributed by atoms with E-state index in [0.717, 1.165) is 14.6 Å². The van der Waals surface area contributed by atoms with Crippen LogP contribution in [0.1, 0.15) is 6.92 Å². The van der Waals surface area contributed by atoms with Crippen LogP contribution in [-0.2, 0) is 19.6 Å². The molecule has 2 aromatic carbocycles. The molecule has 11 heteroatoms. The fourth-order valence-corrected chi connectivity index (χ4v) is 6.86. The molecule has 0 unspecified atom stereocenters. The summed E-state index contributed by atoms with van der Waals surface area (Å²) < 4.78 is 34.1. The van der Waals surface area contributed by atoms with Gasteiger partial charge in [-0.1, -0.05) is 29.4 Å². The van der Waals surface area contributed by atoms with E-state index in [-0.39, 0.29) is 10.8 Å². The minimum absolute atomic E-state index is 0.149. The number of hydrogen-bond acceptors (Lipinski definition) is 7. The standard InChI is InChI=1S/C20H20ClN3O4S3/c1-13(29-20-23-17-11-14(21)5-6-18(17)30-20)19(25)22-15-3-2-4-16(12-15)31(26,27)24-7-9-28-10-8-24/h2-6,11-13H,7-10H2,1H3,(H,22,25)/t13-/m1/s1. The molecule has 1 aromatic heterocycles. The third-order valence-corrected chi connectivity index (χ3v) is 9.05. The summed E-state index contributed by atoms with van der Waals surface area (Å²) in [6, 6.07) is 11.8. The molecule has 0 saturated carbocycles. The maximum absolute atomic E-state index is 12.8. The Hall–Kier alpha value is -1.69. The van der Waals surface area contributed by atoms with Crippen molar-refractivity contribution in [1.29, 1.82) is 0 Å². The zero-order valence-electron chi connectivity index (χ0n) is 16.6. The van der Waals surface area contributed by atoms with Crippen molar-refractivity contribution >= 4 is 66.5 Å². The van der Waals surface area contributed by atoms with E-state index in [2.05, 4.69) is 10.3 Å². The fourth-order valence-electron chi connectivity index (χ4n) is 3.05. The van der Waals surface area contributed by atoms with Crippen molar-refractivity contribution in [2.24, 2.45) is 0 Å². The van der Waals surface area contributed by atoms with E-state index in [4.69, 9.17) is 16.3 Å². The highest BCUT2D eigenvalue weighted by Crippen LogP contribution is 2.33. The second-order valence-corrected chi connectivity index (χ2v) is 11.9. The van der Waals surface area contributed by atoms with Crippen LogP contribution >= 0.6 is 34.7 Å². The number of thioether (sulfide) groups is 1. The molecule has 1 aliphatic heterocycles. The van der Waals surface area contributed by atoms with Gasteiger partial charge in [0.25, 0.3) is 0 Å². The SMILES string of the molecule is C[C@@H](Sc1nc2cc(Cl)ccc2s1)C(=O)Nc1cccc(S(=O)(=O)N2CCOCC2)c1. The third kappa shape index (κ3) is 5.21. The number of carbonyl (C=O) groups excluding carboxylic acids is 1. The second-order valence-electron chi connectivity index (χ2n) is 6.89. The Morgan fingerprint density at radius 2 is 2.03 bits per heavy atom. The molecule has 31 heavy (non-hydrogen) atoms. The van der Waals surface area contributed by atoms with Crippen molar-refractivity contribution in [2.75, 3.05) is 31.6 Å². The molecule has 1 saturated heterocycles. The summed E-state index contributed by atoms with van der Waals surface area (Å²) in [5.41, 5.74) is 1.23. The molecule has 0 spiro atoms. The number of halogens is 1. The van der Waals surface area contributed by atoms with Gasteiger partial charge in [-0.15, -0.1) is 11.3 Å². The van der Waals surface area contributed by atoms with Crippen LogP contribution in [0.15, 0.2) is 51.7 Å². The Kier molecular flexibility index (Phi) is 6.85. The van der Waals surface area contributed by atoms with Crippen LogP contribution in [0.4, 0.5) is 5.69 Å². The number of sulfonamides is 1. The summed E-state index contributed by atoms with van der Waals surface area (Å²) in [6.07, 6.45) is 0. The zero-order valence-corrected chi connectivity index (χ0v) is 19.8. The van der Waals surface area contributed by atoms with Crippen LogP contribution in [-0.4, -0.2) is 55.2 Å². The fraction of sp³-hybridized carbons (Fsp3) is 0.300. The van der Waals surface area contributed by atoms with Crippen molar-refractivity contribution in [3.05, 3.63) is 47.5 Å². The highest BCUT2D eigenvalue weighted by Gasteiger charge is 2.26. The smallest absolute Gasteiger partial charge is 0.243 e. The molecular formula is C20H20ClN3O4S3. The van der Waals surface area contributed by atoms with Gasteiger partial charge in [0, 0.05) is 23.8 Å². The van der Waals surface area contributed by atoms with Crippen molar-refractivity contribution in [2.45, 2.75) is 21.4 Å².